The predicted molar refractivity (Wildman–Crippen MR) is 79.0 cm³/mol. The van der Waals surface area contributed by atoms with Gasteiger partial charge in [-0.3, -0.25) is 10.2 Å². The van der Waals surface area contributed by atoms with E-state index in [0.29, 0.717) is 11.1 Å². The maximum absolute atomic E-state index is 13.0. The van der Waals surface area contributed by atoms with Gasteiger partial charge in [0.25, 0.3) is 5.91 Å². The molecule has 1 amide bonds. The Hall–Kier alpha value is -2.02. The summed E-state index contributed by atoms with van der Waals surface area (Å²) in [6, 6.07) is 6.45. The molecule has 1 atom stereocenters. The minimum atomic E-state index is -4.69. The number of halogens is 3. The summed E-state index contributed by atoms with van der Waals surface area (Å²) in [6.45, 7) is 6.44. The highest BCUT2D eigenvalue weighted by Gasteiger charge is 2.55. The van der Waals surface area contributed by atoms with Crippen molar-refractivity contribution in [3.05, 3.63) is 47.2 Å². The third-order valence-corrected chi connectivity index (χ3v) is 3.80. The molecule has 1 aromatic rings. The molecule has 4 nitrogen and oxygen atoms in total. The fraction of sp³-hybridized carbons (Fsp3) is 0.438. The van der Waals surface area contributed by atoms with Crippen LogP contribution in [0.3, 0.4) is 0 Å². The largest absolute Gasteiger partial charge is 0.432 e. The van der Waals surface area contributed by atoms with E-state index in [-0.39, 0.29) is 5.56 Å². The van der Waals surface area contributed by atoms with E-state index >= 15 is 0 Å². The number of aliphatic hydroxyl groups is 1. The number of benzene rings is 1. The van der Waals surface area contributed by atoms with Crippen LogP contribution in [0.15, 0.2) is 36.0 Å². The fourth-order valence-electron chi connectivity index (χ4n) is 2.31. The first-order chi connectivity index (χ1) is 10.4. The summed E-state index contributed by atoms with van der Waals surface area (Å²) in [6.07, 6.45) is -4.04. The normalized spacial score (nSPS) is 21.9. The van der Waals surface area contributed by atoms with E-state index < -0.39 is 28.9 Å². The van der Waals surface area contributed by atoms with Crippen molar-refractivity contribution in [3.8, 4) is 0 Å². The van der Waals surface area contributed by atoms with Crippen molar-refractivity contribution in [2.45, 2.75) is 39.6 Å². The van der Waals surface area contributed by atoms with Gasteiger partial charge in [-0.2, -0.15) is 13.2 Å². The van der Waals surface area contributed by atoms with Gasteiger partial charge in [0.2, 0.25) is 0 Å². The Labute approximate surface area is 132 Å². The molecule has 1 aromatic carbocycles. The van der Waals surface area contributed by atoms with Crippen LogP contribution < -0.4 is 5.43 Å². The van der Waals surface area contributed by atoms with Crippen LogP contribution in [0.1, 0.15) is 36.7 Å². The predicted octanol–water partition coefficient (Wildman–Crippen LogP) is 3.14. The van der Waals surface area contributed by atoms with Crippen molar-refractivity contribution in [2.75, 3.05) is 0 Å². The van der Waals surface area contributed by atoms with Gasteiger partial charge in [-0.15, -0.1) is 0 Å². The zero-order valence-electron chi connectivity index (χ0n) is 13.3. The number of nitrogens with zero attached hydrogens (tertiary/aromatic N) is 1. The zero-order valence-corrected chi connectivity index (χ0v) is 13.3. The summed E-state index contributed by atoms with van der Waals surface area (Å²) in [4.78, 5) is 12.6. The van der Waals surface area contributed by atoms with E-state index in [0.717, 1.165) is 5.56 Å². The second-order valence-corrected chi connectivity index (χ2v) is 6.65. The number of nitrogens with one attached hydrogen (secondary N) is 1. The number of rotatable bonds is 1. The van der Waals surface area contributed by atoms with E-state index in [9.17, 15) is 23.1 Å². The molecule has 0 spiro atoms. The lowest BCUT2D eigenvalue weighted by atomic mass is 9.82. The van der Waals surface area contributed by atoms with Crippen LogP contribution in [-0.2, 0) is 0 Å². The number of carbonyl (C=O) groups excluding carboxylic acids is 1. The SMILES string of the molecule is Cc1cccc(C(=O)N2NC(C(F)(F)F)=CC2(O)C(C)(C)C)c1. The van der Waals surface area contributed by atoms with Gasteiger partial charge in [0, 0.05) is 17.1 Å². The molecule has 0 bridgehead atoms. The first kappa shape index (κ1) is 17.3. The minimum absolute atomic E-state index is 0.192. The number of amides is 1. The molecule has 0 saturated heterocycles. The highest BCUT2D eigenvalue weighted by molar-refractivity contribution is 5.95. The number of hydrazine groups is 1. The molecule has 0 aromatic heterocycles. The van der Waals surface area contributed by atoms with Crippen molar-refractivity contribution in [3.63, 3.8) is 0 Å². The lowest BCUT2D eigenvalue weighted by molar-refractivity contribution is -0.130. The molecule has 2 rings (SSSR count). The molecule has 0 radical (unpaired) electrons. The maximum Gasteiger partial charge on any atom is 0.432 e. The third-order valence-electron chi connectivity index (χ3n) is 3.80. The summed E-state index contributed by atoms with van der Waals surface area (Å²) in [5.41, 5.74) is -1.31. The van der Waals surface area contributed by atoms with Crippen molar-refractivity contribution in [2.24, 2.45) is 5.41 Å². The maximum atomic E-state index is 13.0. The van der Waals surface area contributed by atoms with E-state index in [1.54, 1.807) is 45.9 Å². The van der Waals surface area contributed by atoms with Crippen LogP contribution in [0.5, 0.6) is 0 Å². The van der Waals surface area contributed by atoms with Crippen molar-refractivity contribution in [1.29, 1.82) is 0 Å². The number of allylic oxidation sites excluding steroid dienone is 1. The van der Waals surface area contributed by atoms with Gasteiger partial charge in [0.05, 0.1) is 0 Å². The van der Waals surface area contributed by atoms with Crippen LogP contribution in [0.2, 0.25) is 0 Å². The fourth-order valence-corrected chi connectivity index (χ4v) is 2.31. The summed E-state index contributed by atoms with van der Waals surface area (Å²) < 4.78 is 39.0. The molecule has 1 heterocycles. The van der Waals surface area contributed by atoms with Crippen LogP contribution in [0.4, 0.5) is 13.2 Å². The molecule has 1 aliphatic heterocycles. The average molecular weight is 328 g/mol. The molecule has 1 unspecified atom stereocenters. The Morgan fingerprint density at radius 2 is 1.87 bits per heavy atom. The molecule has 1 aliphatic rings. The van der Waals surface area contributed by atoms with Crippen LogP contribution in [0, 0.1) is 12.3 Å². The summed E-state index contributed by atoms with van der Waals surface area (Å²) in [5, 5.41) is 11.4. The Morgan fingerprint density at radius 3 is 2.35 bits per heavy atom. The molecular formula is C16H19F3N2O2. The number of carbonyl (C=O) groups is 1. The standard InChI is InChI=1S/C16H19F3N2O2/c1-10-6-5-7-11(8-10)13(22)21-15(23,14(2,3)4)9-12(20-21)16(17,18)19/h5-9,20,23H,1-4H3. The van der Waals surface area contributed by atoms with Crippen LogP contribution in [-0.4, -0.2) is 27.9 Å². The molecule has 23 heavy (non-hydrogen) atoms. The highest BCUT2D eigenvalue weighted by atomic mass is 19.4. The topological polar surface area (TPSA) is 52.6 Å². The van der Waals surface area contributed by atoms with E-state index in [1.807, 2.05) is 5.43 Å². The first-order valence-corrected chi connectivity index (χ1v) is 7.06. The smallest absolute Gasteiger partial charge is 0.365 e. The Kier molecular flexibility index (Phi) is 3.97. The first-order valence-electron chi connectivity index (χ1n) is 7.06. The monoisotopic (exact) mass is 328 g/mol. The second kappa shape index (κ2) is 5.26. The lowest BCUT2D eigenvalue weighted by Gasteiger charge is -2.42. The minimum Gasteiger partial charge on any atom is -0.365 e. The zero-order chi connectivity index (χ0) is 17.6. The Bertz CT molecular complexity index is 662. The van der Waals surface area contributed by atoms with Crippen molar-refractivity contribution >= 4 is 5.91 Å². The third kappa shape index (κ3) is 3.06. The van der Waals surface area contributed by atoms with Crippen molar-refractivity contribution < 1.29 is 23.1 Å². The Balaban J connectivity index is 2.47. The van der Waals surface area contributed by atoms with Crippen LogP contribution >= 0.6 is 0 Å². The van der Waals surface area contributed by atoms with E-state index in [1.165, 1.54) is 6.07 Å². The molecule has 2 N–H and O–H groups in total. The van der Waals surface area contributed by atoms with Gasteiger partial charge in [0.1, 0.15) is 5.70 Å². The Morgan fingerprint density at radius 1 is 1.26 bits per heavy atom. The number of hydrogen-bond donors (Lipinski definition) is 2. The molecule has 0 fully saturated rings. The molecular weight excluding hydrogens is 309 g/mol. The molecule has 0 saturated carbocycles. The van der Waals surface area contributed by atoms with E-state index in [2.05, 4.69) is 0 Å². The molecule has 0 aliphatic carbocycles. The molecule has 7 heteroatoms. The van der Waals surface area contributed by atoms with Gasteiger partial charge in [-0.05, 0) is 19.1 Å². The summed E-state index contributed by atoms with van der Waals surface area (Å²) in [5.74, 6) is -0.735. The lowest BCUT2D eigenvalue weighted by Crippen LogP contribution is -2.59. The summed E-state index contributed by atoms with van der Waals surface area (Å²) in [7, 11) is 0. The quantitative estimate of drug-likeness (QED) is 0.833. The number of hydrogen-bond acceptors (Lipinski definition) is 3. The summed E-state index contributed by atoms with van der Waals surface area (Å²) >= 11 is 0. The van der Waals surface area contributed by atoms with Gasteiger partial charge in [0.15, 0.2) is 5.72 Å². The number of aryl methyl sites for hydroxylation is 1. The number of alkyl halides is 3. The van der Waals surface area contributed by atoms with Gasteiger partial charge in [-0.25, -0.2) is 5.01 Å². The van der Waals surface area contributed by atoms with Crippen molar-refractivity contribution in [1.82, 2.24) is 10.4 Å². The average Bonchev–Trinajstić information content (AvgIpc) is 2.77. The van der Waals surface area contributed by atoms with Gasteiger partial charge < -0.3 is 5.11 Å². The van der Waals surface area contributed by atoms with Crippen LogP contribution in [0.25, 0.3) is 0 Å². The second-order valence-electron chi connectivity index (χ2n) is 6.65. The van der Waals surface area contributed by atoms with Gasteiger partial charge >= 0.3 is 6.18 Å². The van der Waals surface area contributed by atoms with E-state index in [4.69, 9.17) is 0 Å². The highest BCUT2D eigenvalue weighted by Crippen LogP contribution is 2.42. The van der Waals surface area contributed by atoms with Gasteiger partial charge in [-0.1, -0.05) is 38.5 Å². The molecule has 126 valence electrons.